The largest absolute Gasteiger partial charge is 0.463 e. The summed E-state index contributed by atoms with van der Waals surface area (Å²) in [6.07, 6.45) is -2.30. The van der Waals surface area contributed by atoms with Gasteiger partial charge in [-0.3, -0.25) is 9.59 Å². The summed E-state index contributed by atoms with van der Waals surface area (Å²) in [5, 5.41) is 30.7. The highest BCUT2D eigenvalue weighted by molar-refractivity contribution is 7.44. The van der Waals surface area contributed by atoms with E-state index in [1.807, 2.05) is 38.4 Å². The number of esters is 2. The average Bonchev–Trinajstić information content (AvgIpc) is 3.43. The second-order valence-electron chi connectivity index (χ2n) is 9.35. The third-order valence-electron chi connectivity index (χ3n) is 5.76. The monoisotopic (exact) mass is 583 g/mol. The van der Waals surface area contributed by atoms with Gasteiger partial charge >= 0.3 is 17.5 Å². The molecule has 1 aliphatic heterocycles. The minimum Gasteiger partial charge on any atom is -0.463 e. The minimum absolute atomic E-state index is 0.0348. The van der Waals surface area contributed by atoms with Crippen LogP contribution in [-0.2, 0) is 28.1 Å². The van der Waals surface area contributed by atoms with Crippen LogP contribution in [-0.4, -0.2) is 90.9 Å². The number of fused-ring (bicyclic) bond motifs is 1. The van der Waals surface area contributed by atoms with Crippen LogP contribution in [0.5, 0.6) is 0 Å². The van der Waals surface area contributed by atoms with Crippen molar-refractivity contribution in [2.45, 2.75) is 84.9 Å². The van der Waals surface area contributed by atoms with Crippen LogP contribution < -0.4 is 5.56 Å². The predicted molar refractivity (Wildman–Crippen MR) is 138 cm³/mol. The van der Waals surface area contributed by atoms with Crippen molar-refractivity contribution < 1.29 is 38.1 Å². The Morgan fingerprint density at radius 1 is 1.27 bits per heavy atom. The Morgan fingerprint density at radius 3 is 2.58 bits per heavy atom. The molecule has 3 rings (SSSR count). The maximum Gasteiger partial charge on any atom is 0.361 e. The molecule has 220 valence electrons. The van der Waals surface area contributed by atoms with E-state index >= 15 is 0 Å². The summed E-state index contributed by atoms with van der Waals surface area (Å²) in [6.45, 7) is 10.8. The van der Waals surface area contributed by atoms with Gasteiger partial charge in [-0.25, -0.2) is 9.46 Å². The summed E-state index contributed by atoms with van der Waals surface area (Å²) >= 11 is 0. The van der Waals surface area contributed by atoms with Gasteiger partial charge in [0, 0.05) is 25.4 Å². The van der Waals surface area contributed by atoms with E-state index in [1.54, 1.807) is 6.92 Å². The molecular weight excluding hydrogens is 549 g/mol. The van der Waals surface area contributed by atoms with Gasteiger partial charge in [0.25, 0.3) is 8.53 Å². The van der Waals surface area contributed by atoms with E-state index in [9.17, 15) is 19.6 Å². The summed E-state index contributed by atoms with van der Waals surface area (Å²) < 4.78 is 31.4. The molecule has 2 aromatic rings. The number of rotatable bonds is 13. The number of aromatic nitrogens is 5. The van der Waals surface area contributed by atoms with Crippen molar-refractivity contribution in [3.63, 3.8) is 0 Å². The molecular formula is C23H34N7O9P. The van der Waals surface area contributed by atoms with Gasteiger partial charge in [0.1, 0.15) is 12.7 Å². The molecule has 1 N–H and O–H groups in total. The highest BCUT2D eigenvalue weighted by Crippen LogP contribution is 2.49. The van der Waals surface area contributed by atoms with E-state index in [2.05, 4.69) is 15.4 Å². The highest BCUT2D eigenvalue weighted by atomic mass is 31.2. The fourth-order valence-electron chi connectivity index (χ4n) is 4.17. The molecule has 4 unspecified atom stereocenters. The third-order valence-corrected chi connectivity index (χ3v) is 7.91. The van der Waals surface area contributed by atoms with Gasteiger partial charge in [0.15, 0.2) is 17.3 Å². The summed E-state index contributed by atoms with van der Waals surface area (Å²) in [5.41, 5.74) is -1.82. The fourth-order valence-corrected chi connectivity index (χ4v) is 5.93. The van der Waals surface area contributed by atoms with E-state index in [0.29, 0.717) is 0 Å². The van der Waals surface area contributed by atoms with Crippen molar-refractivity contribution in [1.82, 2.24) is 29.6 Å². The lowest BCUT2D eigenvalue weighted by Gasteiger charge is -2.37. The van der Waals surface area contributed by atoms with Gasteiger partial charge in [0.2, 0.25) is 5.69 Å². The Balaban J connectivity index is 1.94. The third kappa shape index (κ3) is 7.10. The first-order valence-electron chi connectivity index (χ1n) is 12.8. The molecule has 0 spiro atoms. The lowest BCUT2D eigenvalue weighted by Crippen LogP contribution is -2.36. The van der Waals surface area contributed by atoms with Crippen LogP contribution in [0.4, 0.5) is 0 Å². The van der Waals surface area contributed by atoms with Crippen LogP contribution in [0.1, 0.15) is 71.1 Å². The van der Waals surface area contributed by atoms with E-state index < -0.39 is 50.0 Å². The Kier molecular flexibility index (Phi) is 10.9. The van der Waals surface area contributed by atoms with Crippen LogP contribution >= 0.6 is 8.53 Å². The topological polar surface area (TPSA) is 193 Å². The van der Waals surface area contributed by atoms with Crippen molar-refractivity contribution in [1.29, 1.82) is 5.26 Å². The maximum absolute atomic E-state index is 13.3. The zero-order chi connectivity index (χ0) is 29.6. The van der Waals surface area contributed by atoms with Gasteiger partial charge in [-0.2, -0.15) is 9.94 Å². The number of nitrogens with zero attached hydrogens (tertiary/aromatic N) is 7. The minimum atomic E-state index is -1.68. The van der Waals surface area contributed by atoms with Gasteiger partial charge in [-0.1, -0.05) is 10.1 Å². The first kappa shape index (κ1) is 31.3. The molecule has 0 aromatic carbocycles. The molecule has 4 atom stereocenters. The van der Waals surface area contributed by atoms with Crippen LogP contribution in [0, 0.1) is 11.3 Å². The van der Waals surface area contributed by atoms with Gasteiger partial charge < -0.3 is 28.5 Å². The number of nitriles is 1. The van der Waals surface area contributed by atoms with E-state index in [-0.39, 0.29) is 60.8 Å². The average molecular weight is 584 g/mol. The van der Waals surface area contributed by atoms with Crippen LogP contribution in [0.2, 0.25) is 0 Å². The van der Waals surface area contributed by atoms with Crippen molar-refractivity contribution in [2.24, 2.45) is 0 Å². The second kappa shape index (κ2) is 13.9. The lowest BCUT2D eigenvalue weighted by atomic mass is 10.2. The molecule has 40 heavy (non-hydrogen) atoms. The summed E-state index contributed by atoms with van der Waals surface area (Å²) in [6, 6.07) is 2.11. The number of carbonyl (C=O) groups is 2. The van der Waals surface area contributed by atoms with Gasteiger partial charge in [-0.05, 0) is 34.6 Å². The molecule has 0 radical (unpaired) electrons. The number of hydrogen-bond donors (Lipinski definition) is 1. The summed E-state index contributed by atoms with van der Waals surface area (Å²) in [4.78, 5) is 37.3. The molecule has 0 bridgehead atoms. The Bertz CT molecular complexity index is 1280. The predicted octanol–water partition coefficient (Wildman–Crippen LogP) is 1.91. The highest BCUT2D eigenvalue weighted by Gasteiger charge is 2.43. The first-order chi connectivity index (χ1) is 19.0. The van der Waals surface area contributed by atoms with E-state index in [4.69, 9.17) is 28.5 Å². The van der Waals surface area contributed by atoms with Gasteiger partial charge in [0.05, 0.1) is 31.8 Å². The standard InChI is InChI=1S/C23H34N7O9P/c1-7-35-23(33)20-19-21(30(34)26-20)22(32)28(27-25-19)18-11-16(17(38-18)12-36-15(6)31)39-40(37-10-8-9-24)29(13(2)3)14(4)5/h13-14,16-18,34H,7-8,10-12H2,1-6H3. The molecule has 17 heteroatoms. The molecule has 1 aliphatic rings. The smallest absolute Gasteiger partial charge is 0.361 e. The molecule has 1 fully saturated rings. The van der Waals surface area contributed by atoms with E-state index in [1.165, 1.54) is 6.92 Å². The van der Waals surface area contributed by atoms with Crippen molar-refractivity contribution >= 4 is 31.5 Å². The Labute approximate surface area is 231 Å². The van der Waals surface area contributed by atoms with E-state index in [0.717, 1.165) is 4.68 Å². The zero-order valence-electron chi connectivity index (χ0n) is 23.2. The van der Waals surface area contributed by atoms with Crippen LogP contribution in [0.3, 0.4) is 0 Å². The summed E-state index contributed by atoms with van der Waals surface area (Å²) in [5.74, 6) is -1.40. The van der Waals surface area contributed by atoms with Crippen LogP contribution in [0.25, 0.3) is 11.0 Å². The normalized spacial score (nSPS) is 19.9. The molecule has 1 saturated heterocycles. The Hall–Kier alpha value is -3.22. The number of carbonyl (C=O) groups excluding carboxylic acids is 2. The van der Waals surface area contributed by atoms with Crippen molar-refractivity contribution in [2.75, 3.05) is 19.8 Å². The molecule has 0 amide bonds. The number of ether oxygens (including phenoxy) is 3. The van der Waals surface area contributed by atoms with Crippen molar-refractivity contribution in [3.8, 4) is 6.07 Å². The molecule has 3 heterocycles. The lowest BCUT2D eigenvalue weighted by molar-refractivity contribution is -0.147. The van der Waals surface area contributed by atoms with Crippen LogP contribution in [0.15, 0.2) is 4.79 Å². The molecule has 2 aromatic heterocycles. The second-order valence-corrected chi connectivity index (χ2v) is 10.8. The molecule has 0 saturated carbocycles. The Morgan fingerprint density at radius 2 is 1.98 bits per heavy atom. The molecule has 16 nitrogen and oxygen atoms in total. The first-order valence-corrected chi connectivity index (χ1v) is 13.9. The van der Waals surface area contributed by atoms with Crippen molar-refractivity contribution in [3.05, 3.63) is 16.0 Å². The summed E-state index contributed by atoms with van der Waals surface area (Å²) in [7, 11) is -1.68. The SMILES string of the molecule is CCOC(=O)c1nn(O)c2c(=O)n(C3CC(OP(OCCC#N)N(C(C)C)C(C)C)C(COC(C)=O)O3)nnc12. The molecule has 0 aliphatic carbocycles. The number of hydrogen-bond acceptors (Lipinski definition) is 14. The zero-order valence-corrected chi connectivity index (χ0v) is 24.1. The fraction of sp³-hybridized carbons (Fsp3) is 0.696. The van der Waals surface area contributed by atoms with Gasteiger partial charge in [-0.15, -0.1) is 10.2 Å². The quantitative estimate of drug-likeness (QED) is 0.155. The maximum atomic E-state index is 13.3.